The van der Waals surface area contributed by atoms with E-state index in [1.54, 1.807) is 0 Å². The summed E-state index contributed by atoms with van der Waals surface area (Å²) in [5, 5.41) is 2.95. The van der Waals surface area contributed by atoms with Crippen molar-refractivity contribution in [3.8, 4) is 0 Å². The Balaban J connectivity index is 1.92. The number of carbonyl (C=O) groups is 2. The summed E-state index contributed by atoms with van der Waals surface area (Å²) in [4.78, 5) is 25.4. The largest absolute Gasteiger partial charge is 0.369 e. The van der Waals surface area contributed by atoms with E-state index in [9.17, 15) is 9.59 Å². The van der Waals surface area contributed by atoms with Crippen LogP contribution in [-0.2, 0) is 21.5 Å². The number of primary amides is 1. The molecule has 0 fully saturated rings. The number of hydrogen-bond donors (Lipinski definition) is 3. The lowest BCUT2D eigenvalue weighted by atomic mass is 9.87. The Morgan fingerprint density at radius 1 is 1.07 bits per heavy atom. The van der Waals surface area contributed by atoms with Crippen LogP contribution in [0.1, 0.15) is 31.9 Å². The second-order valence-electron chi connectivity index (χ2n) is 8.06. The van der Waals surface area contributed by atoms with Crippen molar-refractivity contribution in [1.82, 2.24) is 0 Å². The van der Waals surface area contributed by atoms with Crippen molar-refractivity contribution in [3.63, 3.8) is 0 Å². The Bertz CT molecular complexity index is 813. The Hall–Kier alpha value is -2.31. The highest BCUT2D eigenvalue weighted by molar-refractivity contribution is 8.00. The molecule has 0 aliphatic heterocycles. The minimum Gasteiger partial charge on any atom is -0.369 e. The zero-order chi connectivity index (χ0) is 20.7. The first-order valence-corrected chi connectivity index (χ1v) is 10.3. The van der Waals surface area contributed by atoms with Gasteiger partial charge in [0, 0.05) is 10.5 Å². The monoisotopic (exact) mass is 400 g/mol. The van der Waals surface area contributed by atoms with Crippen LogP contribution in [0, 0.1) is 0 Å². The summed E-state index contributed by atoms with van der Waals surface area (Å²) in [6.07, 6.45) is 0. The van der Waals surface area contributed by atoms with E-state index in [0.717, 1.165) is 16.3 Å². The van der Waals surface area contributed by atoms with Crippen molar-refractivity contribution < 1.29 is 14.5 Å². The van der Waals surface area contributed by atoms with Crippen LogP contribution in [0.2, 0.25) is 0 Å². The summed E-state index contributed by atoms with van der Waals surface area (Å²) in [5.41, 5.74) is 8.57. The molecule has 1 atom stereocenters. The molecule has 0 heterocycles. The summed E-state index contributed by atoms with van der Waals surface area (Å²) in [6.45, 7) is 7.72. The zero-order valence-corrected chi connectivity index (χ0v) is 17.9. The summed E-state index contributed by atoms with van der Waals surface area (Å²) in [5.74, 6) is -0.258. The van der Waals surface area contributed by atoms with Gasteiger partial charge in [-0.2, -0.15) is 0 Å². The maximum Gasteiger partial charge on any atom is 0.279 e. The van der Waals surface area contributed by atoms with Crippen molar-refractivity contribution in [2.75, 3.05) is 24.7 Å². The molecular weight excluding hydrogens is 370 g/mol. The lowest BCUT2D eigenvalue weighted by molar-refractivity contribution is -0.885. The molecule has 0 aliphatic carbocycles. The predicted octanol–water partition coefficient (Wildman–Crippen LogP) is 2.21. The summed E-state index contributed by atoms with van der Waals surface area (Å²) in [6, 6.07) is 16.0. The number of likely N-dealkylation sites (N-methyl/N-ethyl adjacent to an activating group) is 1. The number of anilines is 1. The van der Waals surface area contributed by atoms with Crippen molar-refractivity contribution in [2.45, 2.75) is 37.6 Å². The topological polar surface area (TPSA) is 76.6 Å². The van der Waals surface area contributed by atoms with Crippen LogP contribution in [0.15, 0.2) is 53.4 Å². The molecule has 1 unspecified atom stereocenters. The molecule has 2 aromatic rings. The quantitative estimate of drug-likeness (QED) is 0.595. The highest BCUT2D eigenvalue weighted by Gasteiger charge is 2.15. The Morgan fingerprint density at radius 2 is 1.71 bits per heavy atom. The van der Waals surface area contributed by atoms with Gasteiger partial charge in [0.05, 0.1) is 18.5 Å². The van der Waals surface area contributed by atoms with Gasteiger partial charge >= 0.3 is 0 Å². The van der Waals surface area contributed by atoms with Crippen LogP contribution in [0.25, 0.3) is 0 Å². The fourth-order valence-corrected chi connectivity index (χ4v) is 3.59. The van der Waals surface area contributed by atoms with E-state index < -0.39 is 0 Å². The molecule has 28 heavy (non-hydrogen) atoms. The maximum atomic E-state index is 12.5. The van der Waals surface area contributed by atoms with Crippen LogP contribution in [-0.4, -0.2) is 31.2 Å². The van der Waals surface area contributed by atoms with E-state index in [1.807, 2.05) is 31.3 Å². The predicted molar refractivity (Wildman–Crippen MR) is 116 cm³/mol. The second-order valence-corrected chi connectivity index (χ2v) is 9.07. The number of thioether (sulfide) groups is 1. The Labute approximate surface area is 171 Å². The van der Waals surface area contributed by atoms with Crippen molar-refractivity contribution in [3.05, 3.63) is 59.7 Å². The van der Waals surface area contributed by atoms with Gasteiger partial charge < -0.3 is 16.0 Å². The summed E-state index contributed by atoms with van der Waals surface area (Å²) in [7, 11) is 2.00. The average Bonchev–Trinajstić information content (AvgIpc) is 2.60. The van der Waals surface area contributed by atoms with Gasteiger partial charge in [-0.3, -0.25) is 9.59 Å². The van der Waals surface area contributed by atoms with Crippen LogP contribution < -0.4 is 16.0 Å². The van der Waals surface area contributed by atoms with Gasteiger partial charge in [-0.15, -0.1) is 11.8 Å². The number of carbonyl (C=O) groups excluding carboxylic acids is 2. The van der Waals surface area contributed by atoms with Gasteiger partial charge in [0.2, 0.25) is 5.91 Å². The lowest BCUT2D eigenvalue weighted by Gasteiger charge is -2.20. The molecule has 2 amide bonds. The molecular formula is C22H30N3O2S+. The number of benzene rings is 2. The van der Waals surface area contributed by atoms with Crippen molar-refractivity contribution in [1.29, 1.82) is 0 Å². The fourth-order valence-electron chi connectivity index (χ4n) is 2.85. The van der Waals surface area contributed by atoms with Crippen LogP contribution in [0.3, 0.4) is 0 Å². The molecule has 2 rings (SSSR count). The number of amides is 2. The van der Waals surface area contributed by atoms with E-state index in [4.69, 9.17) is 5.73 Å². The average molecular weight is 401 g/mol. The molecule has 0 bridgehead atoms. The van der Waals surface area contributed by atoms with Crippen LogP contribution in [0.4, 0.5) is 5.69 Å². The van der Waals surface area contributed by atoms with Gasteiger partial charge in [0.1, 0.15) is 6.54 Å². The molecule has 6 heteroatoms. The van der Waals surface area contributed by atoms with Gasteiger partial charge in [-0.05, 0) is 23.1 Å². The molecule has 0 aromatic heterocycles. The number of hydrogen-bond acceptors (Lipinski definition) is 3. The first-order valence-electron chi connectivity index (χ1n) is 9.36. The van der Waals surface area contributed by atoms with Gasteiger partial charge in [0.25, 0.3) is 5.91 Å². The van der Waals surface area contributed by atoms with Gasteiger partial charge in [-0.25, -0.2) is 0 Å². The van der Waals surface area contributed by atoms with E-state index in [1.165, 1.54) is 22.9 Å². The minimum absolute atomic E-state index is 0.0593. The fraction of sp³-hybridized carbons (Fsp3) is 0.364. The van der Waals surface area contributed by atoms with Crippen LogP contribution >= 0.6 is 11.8 Å². The van der Waals surface area contributed by atoms with Gasteiger partial charge in [-0.1, -0.05) is 57.2 Å². The first-order chi connectivity index (χ1) is 13.1. The molecule has 0 saturated carbocycles. The normalized spacial score (nSPS) is 12.4. The SMILES string of the molecule is C[NH+](CC(=O)Nc1ccccc1SCC(N)=O)Cc1ccc(C(C)(C)C)cc1. The highest BCUT2D eigenvalue weighted by atomic mass is 32.2. The number of quaternary nitrogens is 1. The number of rotatable bonds is 8. The smallest absolute Gasteiger partial charge is 0.279 e. The van der Waals surface area contributed by atoms with Crippen molar-refractivity contribution in [2.24, 2.45) is 5.73 Å². The molecule has 4 N–H and O–H groups in total. The number of para-hydroxylation sites is 1. The third-order valence-electron chi connectivity index (χ3n) is 4.32. The summed E-state index contributed by atoms with van der Waals surface area (Å²) < 4.78 is 0. The molecule has 0 radical (unpaired) electrons. The standard InChI is InChI=1S/C22H29N3O2S/c1-22(2,3)17-11-9-16(10-12-17)13-25(4)14-21(27)24-18-7-5-6-8-19(18)28-15-20(23)26/h5-12H,13-15H2,1-4H3,(H2,23,26)(H,24,27)/p+1. The number of nitrogens with two attached hydrogens (primary N) is 1. The van der Waals surface area contributed by atoms with Crippen molar-refractivity contribution >= 4 is 29.3 Å². The molecule has 2 aromatic carbocycles. The maximum absolute atomic E-state index is 12.5. The highest BCUT2D eigenvalue weighted by Crippen LogP contribution is 2.26. The number of nitrogens with one attached hydrogen (secondary N) is 2. The Kier molecular flexibility index (Phi) is 7.66. The third-order valence-corrected chi connectivity index (χ3v) is 5.42. The third kappa shape index (κ3) is 7.02. The molecule has 0 spiro atoms. The zero-order valence-electron chi connectivity index (χ0n) is 17.0. The minimum atomic E-state index is -0.382. The van der Waals surface area contributed by atoms with E-state index in [0.29, 0.717) is 12.2 Å². The first kappa shape index (κ1) is 22.0. The van der Waals surface area contributed by atoms with E-state index in [2.05, 4.69) is 50.4 Å². The Morgan fingerprint density at radius 3 is 2.32 bits per heavy atom. The molecule has 5 nitrogen and oxygen atoms in total. The molecule has 0 saturated heterocycles. The van der Waals surface area contributed by atoms with E-state index in [-0.39, 0.29) is 23.0 Å². The van der Waals surface area contributed by atoms with Gasteiger partial charge in [0.15, 0.2) is 6.54 Å². The van der Waals surface area contributed by atoms with Crippen LogP contribution in [0.5, 0.6) is 0 Å². The molecule has 150 valence electrons. The lowest BCUT2D eigenvalue weighted by Crippen LogP contribution is -3.08. The van der Waals surface area contributed by atoms with E-state index >= 15 is 0 Å². The second kappa shape index (κ2) is 9.75. The summed E-state index contributed by atoms with van der Waals surface area (Å²) >= 11 is 1.33. The molecule has 0 aliphatic rings.